The van der Waals surface area contributed by atoms with Gasteiger partial charge in [0.1, 0.15) is 6.61 Å². The van der Waals surface area contributed by atoms with Crippen LogP contribution in [0.2, 0.25) is 0 Å². The summed E-state index contributed by atoms with van der Waals surface area (Å²) in [7, 11) is 6.76. The van der Waals surface area contributed by atoms with Gasteiger partial charge in [-0.2, -0.15) is 0 Å². The van der Waals surface area contributed by atoms with Crippen LogP contribution in [0.4, 0.5) is 4.79 Å². The van der Waals surface area contributed by atoms with Crippen molar-refractivity contribution in [1.29, 1.82) is 0 Å². The predicted molar refractivity (Wildman–Crippen MR) is 177 cm³/mol. The number of esters is 1. The number of aromatic nitrogens is 2. The third-order valence-corrected chi connectivity index (χ3v) is 8.31. The van der Waals surface area contributed by atoms with E-state index >= 15 is 0 Å². The van der Waals surface area contributed by atoms with Gasteiger partial charge in [-0.15, -0.1) is 0 Å². The lowest BCUT2D eigenvalue weighted by molar-refractivity contribution is -0.145. The number of carbonyl (C=O) groups is 4. The highest BCUT2D eigenvalue weighted by Gasteiger charge is 2.24. The molecule has 2 aromatic carbocycles. The molecule has 256 valence electrons. The number of hydrogen-bond acceptors (Lipinski definition) is 12. The molecule has 0 bridgehead atoms. The van der Waals surface area contributed by atoms with Crippen molar-refractivity contribution in [3.05, 3.63) is 53.0 Å². The summed E-state index contributed by atoms with van der Waals surface area (Å²) in [6.45, 7) is 1.08. The minimum absolute atomic E-state index is 0.00400. The monoisotopic (exact) mass is 673 g/mol. The number of methoxy groups -OCH3 is 1. The highest BCUT2D eigenvalue weighted by atomic mass is 16.7. The molecule has 0 saturated heterocycles. The summed E-state index contributed by atoms with van der Waals surface area (Å²) in [5.74, 6) is 0.0600. The molecule has 3 amide bonds. The van der Waals surface area contributed by atoms with Gasteiger partial charge in [0, 0.05) is 73.7 Å². The fraction of sp³-hybridized carbons (Fsp3) is 0.353. The van der Waals surface area contributed by atoms with E-state index < -0.39 is 23.9 Å². The molecular formula is C34H35N5O10. The van der Waals surface area contributed by atoms with Crippen molar-refractivity contribution in [2.24, 2.45) is 0 Å². The van der Waals surface area contributed by atoms with E-state index in [0.29, 0.717) is 51.8 Å². The van der Waals surface area contributed by atoms with Crippen LogP contribution >= 0.6 is 0 Å². The van der Waals surface area contributed by atoms with Crippen molar-refractivity contribution >= 4 is 56.5 Å². The molecule has 2 aromatic heterocycles. The fourth-order valence-corrected chi connectivity index (χ4v) is 5.68. The van der Waals surface area contributed by atoms with Crippen LogP contribution in [0.5, 0.6) is 23.0 Å². The molecule has 6 rings (SSSR count). The van der Waals surface area contributed by atoms with E-state index in [4.69, 9.17) is 23.7 Å². The lowest BCUT2D eigenvalue weighted by Gasteiger charge is -2.20. The normalized spacial score (nSPS) is 13.7. The summed E-state index contributed by atoms with van der Waals surface area (Å²) >= 11 is 0. The van der Waals surface area contributed by atoms with Crippen LogP contribution in [0.25, 0.3) is 32.6 Å². The number of imide groups is 1. The molecule has 0 radical (unpaired) electrons. The molecule has 0 spiro atoms. The molecule has 0 atom stereocenters. The van der Waals surface area contributed by atoms with Gasteiger partial charge in [-0.3, -0.25) is 29.1 Å². The molecule has 0 saturated carbocycles. The Morgan fingerprint density at radius 2 is 1.59 bits per heavy atom. The van der Waals surface area contributed by atoms with Crippen LogP contribution in [0.15, 0.2) is 47.4 Å². The number of amides is 3. The first-order valence-corrected chi connectivity index (χ1v) is 15.6. The minimum Gasteiger partial charge on any atom is -0.493 e. The zero-order valence-electron chi connectivity index (χ0n) is 27.5. The van der Waals surface area contributed by atoms with Gasteiger partial charge in [-0.1, -0.05) is 0 Å². The number of rotatable bonds is 12. The maximum absolute atomic E-state index is 14.2. The molecule has 0 N–H and O–H groups in total. The number of nitrogens with zero attached hydrogens (tertiary/aromatic N) is 5. The summed E-state index contributed by atoms with van der Waals surface area (Å²) in [4.78, 5) is 71.6. The lowest BCUT2D eigenvalue weighted by Crippen LogP contribution is -2.33. The third-order valence-electron chi connectivity index (χ3n) is 8.31. The van der Waals surface area contributed by atoms with Crippen molar-refractivity contribution in [1.82, 2.24) is 24.3 Å². The molecule has 2 aliphatic heterocycles. The lowest BCUT2D eigenvalue weighted by atomic mass is 10.0. The first-order chi connectivity index (χ1) is 23.5. The van der Waals surface area contributed by atoms with Crippen molar-refractivity contribution in [2.75, 3.05) is 61.3 Å². The topological polar surface area (TPSA) is 159 Å². The first-order valence-electron chi connectivity index (χ1n) is 15.6. The van der Waals surface area contributed by atoms with E-state index in [9.17, 15) is 24.0 Å². The Kier molecular flexibility index (Phi) is 9.35. The van der Waals surface area contributed by atoms with Crippen LogP contribution in [0.1, 0.15) is 12.8 Å². The van der Waals surface area contributed by atoms with Crippen LogP contribution in [0, 0.1) is 0 Å². The SMILES string of the molecule is COc1cc2c(cc1OC(=O)N(C)CCOC(=O)CCCN1C(=O)C=CC1=O)c(=O)n(CCN(C)C)c1c3cc4c(cc3ncc21)OCO4. The number of likely N-dealkylation sites (N-methyl/N-ethyl adjacent to an activating group) is 2. The van der Waals surface area contributed by atoms with Gasteiger partial charge in [0.05, 0.1) is 30.1 Å². The van der Waals surface area contributed by atoms with Crippen LogP contribution in [-0.4, -0.2) is 109 Å². The Bertz CT molecular complexity index is 2070. The standard InChI is InChI=1S/C34H35N5O10/c1-36(2)10-11-39-32-22-16-26-27(48-19-47-26)17-24(22)35-18-23(32)20-14-25(45-4)28(15-21(20)33(39)43)49-34(44)37(3)12-13-46-31(42)6-5-9-38-29(40)7-8-30(38)41/h7-8,14-18H,5-6,9-13,19H2,1-4H3. The van der Waals surface area contributed by atoms with Crippen LogP contribution in [0.3, 0.4) is 0 Å². The molecule has 4 aromatic rings. The molecule has 0 aliphatic carbocycles. The van der Waals surface area contributed by atoms with Crippen molar-refractivity contribution in [2.45, 2.75) is 19.4 Å². The highest BCUT2D eigenvalue weighted by molar-refractivity contribution is 6.15. The maximum Gasteiger partial charge on any atom is 0.415 e. The van der Waals surface area contributed by atoms with Crippen molar-refractivity contribution < 1.29 is 42.9 Å². The van der Waals surface area contributed by atoms with E-state index in [1.165, 1.54) is 37.3 Å². The van der Waals surface area contributed by atoms with Gasteiger partial charge < -0.3 is 38.1 Å². The van der Waals surface area contributed by atoms with Gasteiger partial charge in [-0.05, 0) is 38.7 Å². The predicted octanol–water partition coefficient (Wildman–Crippen LogP) is 2.68. The van der Waals surface area contributed by atoms with Gasteiger partial charge >= 0.3 is 12.1 Å². The Morgan fingerprint density at radius 1 is 0.878 bits per heavy atom. The summed E-state index contributed by atoms with van der Waals surface area (Å²) < 4.78 is 29.3. The van der Waals surface area contributed by atoms with E-state index in [0.717, 1.165) is 10.3 Å². The first kappa shape index (κ1) is 33.2. The van der Waals surface area contributed by atoms with Gasteiger partial charge in [0.15, 0.2) is 23.0 Å². The number of benzene rings is 2. The number of ether oxygens (including phenoxy) is 5. The van der Waals surface area contributed by atoms with Gasteiger partial charge in [-0.25, -0.2) is 4.79 Å². The number of hydrogen-bond donors (Lipinski definition) is 0. The molecular weight excluding hydrogens is 638 g/mol. The molecule has 15 heteroatoms. The number of fused-ring (bicyclic) bond motifs is 6. The molecule has 0 unspecified atom stereocenters. The zero-order valence-corrected chi connectivity index (χ0v) is 27.5. The molecule has 15 nitrogen and oxygen atoms in total. The average molecular weight is 674 g/mol. The maximum atomic E-state index is 14.2. The van der Waals surface area contributed by atoms with E-state index in [1.54, 1.807) is 22.9 Å². The van der Waals surface area contributed by atoms with Crippen molar-refractivity contribution in [3.8, 4) is 23.0 Å². The molecule has 49 heavy (non-hydrogen) atoms. The smallest absolute Gasteiger partial charge is 0.415 e. The third kappa shape index (κ3) is 6.69. The Labute approximate surface area is 280 Å². The Hall–Kier alpha value is -5.70. The van der Waals surface area contributed by atoms with Crippen LogP contribution < -0.4 is 24.5 Å². The quantitative estimate of drug-likeness (QED) is 0.123. The summed E-state index contributed by atoms with van der Waals surface area (Å²) in [5, 5.41) is 2.30. The molecule has 2 aliphatic rings. The average Bonchev–Trinajstić information content (AvgIpc) is 3.67. The van der Waals surface area contributed by atoms with E-state index in [2.05, 4.69) is 4.98 Å². The van der Waals surface area contributed by atoms with Gasteiger partial charge in [0.2, 0.25) is 6.79 Å². The fourth-order valence-electron chi connectivity index (χ4n) is 5.68. The Balaban J connectivity index is 1.21. The number of pyridine rings is 2. The zero-order chi connectivity index (χ0) is 34.8. The second kappa shape index (κ2) is 13.8. The summed E-state index contributed by atoms with van der Waals surface area (Å²) in [6.07, 6.45) is 3.56. The Morgan fingerprint density at radius 3 is 2.31 bits per heavy atom. The van der Waals surface area contributed by atoms with Gasteiger partial charge in [0.25, 0.3) is 17.4 Å². The van der Waals surface area contributed by atoms with Crippen LogP contribution in [-0.2, 0) is 25.7 Å². The summed E-state index contributed by atoms with van der Waals surface area (Å²) in [6, 6.07) is 6.77. The van der Waals surface area contributed by atoms with E-state index in [1.807, 2.05) is 25.1 Å². The second-order valence-corrected chi connectivity index (χ2v) is 11.8. The van der Waals surface area contributed by atoms with E-state index in [-0.39, 0.29) is 56.4 Å². The second-order valence-electron chi connectivity index (χ2n) is 11.8. The highest BCUT2D eigenvalue weighted by Crippen LogP contribution is 2.40. The minimum atomic E-state index is -0.760. The number of carbonyl (C=O) groups excluding carboxylic acids is 4. The largest absolute Gasteiger partial charge is 0.493 e. The molecule has 4 heterocycles. The summed E-state index contributed by atoms with van der Waals surface area (Å²) in [5.41, 5.74) is 1.04. The van der Waals surface area contributed by atoms with Crippen molar-refractivity contribution in [3.63, 3.8) is 0 Å². The molecule has 0 fully saturated rings.